The number of hydrogen-bond acceptors (Lipinski definition) is 3. The van der Waals surface area contributed by atoms with E-state index in [-0.39, 0.29) is 17.8 Å². The number of likely N-dealkylation sites (tertiary alicyclic amines) is 1. The molecule has 1 fully saturated rings. The maximum atomic E-state index is 15.5. The Hall–Kier alpha value is -2.39. The molecule has 1 aliphatic heterocycles. The van der Waals surface area contributed by atoms with Gasteiger partial charge in [0.2, 0.25) is 0 Å². The van der Waals surface area contributed by atoms with Gasteiger partial charge in [-0.1, -0.05) is 35.9 Å². The first kappa shape index (κ1) is 24.7. The van der Waals surface area contributed by atoms with Crippen LogP contribution in [0.2, 0.25) is 5.02 Å². The number of alkyl halides is 1. The lowest BCUT2D eigenvalue weighted by Crippen LogP contribution is -2.53. The van der Waals surface area contributed by atoms with E-state index >= 15 is 4.39 Å². The van der Waals surface area contributed by atoms with Crippen molar-refractivity contribution in [1.82, 2.24) is 4.90 Å². The first-order valence-corrected chi connectivity index (χ1v) is 12.8. The highest BCUT2D eigenvalue weighted by atomic mass is 35.5. The van der Waals surface area contributed by atoms with Crippen LogP contribution in [0.15, 0.2) is 71.6 Å². The van der Waals surface area contributed by atoms with Crippen molar-refractivity contribution in [3.8, 4) is 6.07 Å². The molecule has 0 aromatic heterocycles. The molecule has 0 spiro atoms. The smallest absolute Gasteiger partial charge is 0.124 e. The zero-order valence-electron chi connectivity index (χ0n) is 19.4. The Bertz CT molecular complexity index is 1190. The lowest BCUT2D eigenvalue weighted by Gasteiger charge is -2.50. The van der Waals surface area contributed by atoms with Gasteiger partial charge in [0, 0.05) is 28.9 Å². The van der Waals surface area contributed by atoms with Crippen LogP contribution in [0, 0.1) is 23.1 Å². The first-order chi connectivity index (χ1) is 16.2. The van der Waals surface area contributed by atoms with Crippen LogP contribution in [0.1, 0.15) is 48.1 Å². The average molecular weight is 497 g/mol. The van der Waals surface area contributed by atoms with Gasteiger partial charge in [-0.3, -0.25) is 4.90 Å². The van der Waals surface area contributed by atoms with Crippen LogP contribution >= 0.6 is 23.4 Å². The zero-order chi connectivity index (χ0) is 24.5. The van der Waals surface area contributed by atoms with Gasteiger partial charge >= 0.3 is 0 Å². The topological polar surface area (TPSA) is 27.0 Å². The summed E-state index contributed by atoms with van der Waals surface area (Å²) in [4.78, 5) is 3.09. The molecule has 34 heavy (non-hydrogen) atoms. The monoisotopic (exact) mass is 496 g/mol. The summed E-state index contributed by atoms with van der Waals surface area (Å²) in [5.41, 5.74) is 1.86. The predicted octanol–water partition coefficient (Wildman–Crippen LogP) is 7.63. The molecule has 0 radical (unpaired) electrons. The van der Waals surface area contributed by atoms with Crippen molar-refractivity contribution in [2.45, 2.75) is 36.4 Å². The van der Waals surface area contributed by atoms with E-state index in [4.69, 9.17) is 11.6 Å². The number of benzene rings is 3. The summed E-state index contributed by atoms with van der Waals surface area (Å²) in [5, 5.41) is 10.1. The number of nitriles is 1. The van der Waals surface area contributed by atoms with E-state index in [2.05, 4.69) is 11.0 Å². The van der Waals surface area contributed by atoms with Crippen molar-refractivity contribution in [1.29, 1.82) is 5.26 Å². The fraction of sp³-hybridized carbons (Fsp3) is 0.321. The second-order valence-electron chi connectivity index (χ2n) is 9.37. The van der Waals surface area contributed by atoms with E-state index in [0.717, 1.165) is 16.0 Å². The SMILES string of the molecule is CSc1cc(F)cc([C@H](C2CN([C@H](c3ccc(Cl)cc3)c3cccc(C#N)c3)C2)C(C)(C)F)c1. The van der Waals surface area contributed by atoms with Crippen LogP contribution in [-0.2, 0) is 0 Å². The Kier molecular flexibility index (Phi) is 7.33. The van der Waals surface area contributed by atoms with Gasteiger partial charge in [-0.15, -0.1) is 11.8 Å². The van der Waals surface area contributed by atoms with Gasteiger partial charge in [-0.05, 0) is 85.2 Å². The summed E-state index contributed by atoms with van der Waals surface area (Å²) >= 11 is 7.58. The molecule has 0 saturated carbocycles. The quantitative estimate of drug-likeness (QED) is 0.315. The Morgan fingerprint density at radius 1 is 1.03 bits per heavy atom. The normalized spacial score (nSPS) is 16.5. The summed E-state index contributed by atoms with van der Waals surface area (Å²) in [5.74, 6) is -0.730. The van der Waals surface area contributed by atoms with E-state index in [9.17, 15) is 9.65 Å². The standard InChI is InChI=1S/C28H27ClF2N2S/c1-28(2,31)26(21-12-24(30)14-25(13-21)34-3)22-16-33(17-22)27(19-7-9-23(29)10-8-19)20-6-4-5-18(11-20)15-32/h4-14,22,26-27H,16-17H2,1-3H3/t26-,27-/m1/s1. The number of hydrogen-bond donors (Lipinski definition) is 0. The van der Waals surface area contributed by atoms with Gasteiger partial charge in [-0.25, -0.2) is 8.78 Å². The Morgan fingerprint density at radius 3 is 2.35 bits per heavy atom. The molecule has 1 saturated heterocycles. The van der Waals surface area contributed by atoms with E-state index in [1.165, 1.54) is 23.9 Å². The third-order valence-corrected chi connectivity index (χ3v) is 7.48. The summed E-state index contributed by atoms with van der Waals surface area (Å²) in [6.45, 7) is 4.48. The molecule has 3 aromatic carbocycles. The largest absolute Gasteiger partial charge is 0.292 e. The fourth-order valence-corrected chi connectivity index (χ4v) is 5.73. The second-order valence-corrected chi connectivity index (χ2v) is 10.7. The van der Waals surface area contributed by atoms with Gasteiger partial charge in [0.15, 0.2) is 0 Å². The first-order valence-electron chi connectivity index (χ1n) is 11.2. The third kappa shape index (κ3) is 5.30. The molecule has 3 aromatic rings. The van der Waals surface area contributed by atoms with E-state index in [1.54, 1.807) is 19.9 Å². The van der Waals surface area contributed by atoms with Crippen molar-refractivity contribution in [3.05, 3.63) is 99.8 Å². The van der Waals surface area contributed by atoms with Crippen LogP contribution < -0.4 is 0 Å². The van der Waals surface area contributed by atoms with Crippen molar-refractivity contribution >= 4 is 23.4 Å². The van der Waals surface area contributed by atoms with E-state index in [1.807, 2.05) is 54.8 Å². The zero-order valence-corrected chi connectivity index (χ0v) is 21.0. The van der Waals surface area contributed by atoms with Crippen molar-refractivity contribution in [2.75, 3.05) is 19.3 Å². The van der Waals surface area contributed by atoms with Crippen LogP contribution in [-0.4, -0.2) is 29.9 Å². The van der Waals surface area contributed by atoms with Gasteiger partial charge in [-0.2, -0.15) is 5.26 Å². The minimum absolute atomic E-state index is 0.0328. The molecule has 2 atom stereocenters. The number of nitrogens with zero attached hydrogens (tertiary/aromatic N) is 2. The molecule has 0 unspecified atom stereocenters. The molecular formula is C28H27ClF2N2S. The lowest BCUT2D eigenvalue weighted by atomic mass is 9.72. The number of thioether (sulfide) groups is 1. The molecule has 176 valence electrons. The van der Waals surface area contributed by atoms with Crippen molar-refractivity contribution in [3.63, 3.8) is 0 Å². The predicted molar refractivity (Wildman–Crippen MR) is 136 cm³/mol. The molecule has 0 amide bonds. The summed E-state index contributed by atoms with van der Waals surface area (Å²) in [6, 6.07) is 22.3. The molecule has 0 bridgehead atoms. The minimum Gasteiger partial charge on any atom is -0.292 e. The van der Waals surface area contributed by atoms with Gasteiger partial charge in [0.1, 0.15) is 11.5 Å². The van der Waals surface area contributed by atoms with Crippen LogP contribution in [0.3, 0.4) is 0 Å². The highest BCUT2D eigenvalue weighted by Crippen LogP contribution is 2.46. The van der Waals surface area contributed by atoms with Gasteiger partial charge < -0.3 is 0 Å². The van der Waals surface area contributed by atoms with Crippen LogP contribution in [0.25, 0.3) is 0 Å². The Balaban J connectivity index is 1.66. The third-order valence-electron chi connectivity index (χ3n) is 6.52. The molecule has 0 N–H and O–H groups in total. The maximum Gasteiger partial charge on any atom is 0.124 e. The molecule has 0 aliphatic carbocycles. The van der Waals surface area contributed by atoms with Crippen molar-refractivity contribution in [2.24, 2.45) is 5.92 Å². The molecule has 4 rings (SSSR count). The second kappa shape index (κ2) is 10.1. The van der Waals surface area contributed by atoms with Crippen LogP contribution in [0.5, 0.6) is 0 Å². The maximum absolute atomic E-state index is 15.5. The molecule has 6 heteroatoms. The molecule has 2 nitrogen and oxygen atoms in total. The molecule has 1 aliphatic rings. The Morgan fingerprint density at radius 2 is 1.74 bits per heavy atom. The highest BCUT2D eigenvalue weighted by molar-refractivity contribution is 7.98. The van der Waals surface area contributed by atoms with Crippen molar-refractivity contribution < 1.29 is 8.78 Å². The fourth-order valence-electron chi connectivity index (χ4n) is 5.12. The van der Waals surface area contributed by atoms with E-state index < -0.39 is 11.6 Å². The molecule has 1 heterocycles. The lowest BCUT2D eigenvalue weighted by molar-refractivity contribution is 0.00806. The minimum atomic E-state index is -1.50. The van der Waals surface area contributed by atoms with Gasteiger partial charge in [0.25, 0.3) is 0 Å². The summed E-state index contributed by atoms with van der Waals surface area (Å²) < 4.78 is 29.8. The Labute approximate surface area is 209 Å². The average Bonchev–Trinajstić information content (AvgIpc) is 2.77. The summed E-state index contributed by atoms with van der Waals surface area (Å²) in [7, 11) is 0. The number of rotatable bonds is 7. The molecular weight excluding hydrogens is 470 g/mol. The highest BCUT2D eigenvalue weighted by Gasteiger charge is 2.45. The van der Waals surface area contributed by atoms with Crippen LogP contribution in [0.4, 0.5) is 8.78 Å². The van der Waals surface area contributed by atoms with Gasteiger partial charge in [0.05, 0.1) is 17.7 Å². The van der Waals surface area contributed by atoms with E-state index in [0.29, 0.717) is 29.2 Å². The summed E-state index contributed by atoms with van der Waals surface area (Å²) in [6.07, 6.45) is 1.89. The number of halogens is 3.